The highest BCUT2D eigenvalue weighted by Crippen LogP contribution is 2.33. The lowest BCUT2D eigenvalue weighted by Crippen LogP contribution is -2.16. The molecule has 2 aromatic heterocycles. The minimum absolute atomic E-state index is 0.0844. The van der Waals surface area contributed by atoms with Crippen LogP contribution in [0.4, 0.5) is 18.9 Å². The maximum Gasteiger partial charge on any atom is 0.433 e. The molecule has 0 unspecified atom stereocenters. The molecule has 158 valence electrons. The number of rotatable bonds is 3. The molecule has 2 heterocycles. The van der Waals surface area contributed by atoms with Gasteiger partial charge in [0.15, 0.2) is 11.3 Å². The predicted octanol–water partition coefficient (Wildman–Crippen LogP) is 5.94. The third-order valence-corrected chi connectivity index (χ3v) is 5.28. The van der Waals surface area contributed by atoms with Crippen molar-refractivity contribution in [2.75, 3.05) is 5.32 Å². The Kier molecular flexibility index (Phi) is 5.18. The van der Waals surface area contributed by atoms with E-state index in [-0.39, 0.29) is 16.9 Å². The quantitative estimate of drug-likeness (QED) is 0.425. The van der Waals surface area contributed by atoms with Crippen molar-refractivity contribution in [2.45, 2.75) is 20.0 Å². The van der Waals surface area contributed by atoms with E-state index in [1.54, 1.807) is 49.4 Å². The summed E-state index contributed by atoms with van der Waals surface area (Å²) in [5.74, 6) is -0.637. The van der Waals surface area contributed by atoms with Crippen LogP contribution in [-0.4, -0.2) is 20.5 Å². The van der Waals surface area contributed by atoms with E-state index < -0.39 is 17.8 Å². The van der Waals surface area contributed by atoms with Gasteiger partial charge in [0.25, 0.3) is 5.91 Å². The van der Waals surface area contributed by atoms with E-state index in [9.17, 15) is 18.0 Å². The van der Waals surface area contributed by atoms with Crippen molar-refractivity contribution in [2.24, 2.45) is 0 Å². The Labute approximate surface area is 180 Å². The number of aromatic nitrogens is 3. The maximum absolute atomic E-state index is 13.7. The molecule has 4 rings (SSSR count). The molecule has 4 aromatic rings. The fraction of sp³-hybridized carbons (Fsp3) is 0.136. The molecule has 9 heteroatoms. The molecule has 2 aromatic carbocycles. The molecular weight excluding hydrogens is 429 g/mol. The van der Waals surface area contributed by atoms with Crippen LogP contribution in [0, 0.1) is 13.8 Å². The number of anilines is 1. The zero-order valence-corrected chi connectivity index (χ0v) is 17.2. The van der Waals surface area contributed by atoms with Crippen molar-refractivity contribution < 1.29 is 18.0 Å². The highest BCUT2D eigenvalue weighted by Gasteiger charge is 2.36. The second-order valence-electron chi connectivity index (χ2n) is 7.05. The number of hydrogen-bond donors (Lipinski definition) is 1. The molecule has 0 aliphatic rings. The Hall–Kier alpha value is -3.39. The molecular formula is C22H16ClF3N4O. The van der Waals surface area contributed by atoms with Gasteiger partial charge >= 0.3 is 6.18 Å². The molecule has 0 spiro atoms. The van der Waals surface area contributed by atoms with Crippen LogP contribution < -0.4 is 5.32 Å². The van der Waals surface area contributed by atoms with Gasteiger partial charge in [-0.15, -0.1) is 0 Å². The molecule has 31 heavy (non-hydrogen) atoms. The summed E-state index contributed by atoms with van der Waals surface area (Å²) in [5, 5.41) is 6.91. The average Bonchev–Trinajstić information content (AvgIpc) is 3.14. The summed E-state index contributed by atoms with van der Waals surface area (Å²) in [6.45, 7) is 3.60. The van der Waals surface area contributed by atoms with Crippen LogP contribution in [0.2, 0.25) is 5.02 Å². The monoisotopic (exact) mass is 444 g/mol. The maximum atomic E-state index is 13.7. The van der Waals surface area contributed by atoms with Gasteiger partial charge in [0.2, 0.25) is 0 Å². The molecule has 1 amide bonds. The number of nitrogens with one attached hydrogen (secondary N) is 1. The van der Waals surface area contributed by atoms with Crippen molar-refractivity contribution in [1.82, 2.24) is 14.6 Å². The summed E-state index contributed by atoms with van der Waals surface area (Å²) in [7, 11) is 0. The van der Waals surface area contributed by atoms with E-state index in [2.05, 4.69) is 15.4 Å². The number of aryl methyl sites for hydroxylation is 1. The first-order valence-electron chi connectivity index (χ1n) is 9.24. The molecule has 0 bridgehead atoms. The second kappa shape index (κ2) is 7.70. The van der Waals surface area contributed by atoms with Gasteiger partial charge in [-0.3, -0.25) is 4.79 Å². The van der Waals surface area contributed by atoms with E-state index in [1.165, 1.54) is 0 Å². The Morgan fingerprint density at radius 2 is 1.81 bits per heavy atom. The van der Waals surface area contributed by atoms with Crippen molar-refractivity contribution >= 4 is 28.8 Å². The first-order chi connectivity index (χ1) is 14.6. The summed E-state index contributed by atoms with van der Waals surface area (Å²) < 4.78 is 41.8. The fourth-order valence-electron chi connectivity index (χ4n) is 3.13. The molecule has 0 saturated heterocycles. The first-order valence-corrected chi connectivity index (χ1v) is 9.62. The lowest BCUT2D eigenvalue weighted by molar-refractivity contribution is -0.142. The molecule has 0 saturated carbocycles. The number of carbonyl (C=O) groups is 1. The van der Waals surface area contributed by atoms with Crippen molar-refractivity contribution in [3.05, 3.63) is 82.1 Å². The average molecular weight is 445 g/mol. The molecule has 0 aliphatic carbocycles. The number of benzene rings is 2. The smallest absolute Gasteiger partial charge is 0.322 e. The van der Waals surface area contributed by atoms with Crippen LogP contribution in [0.1, 0.15) is 27.2 Å². The van der Waals surface area contributed by atoms with E-state index in [0.29, 0.717) is 26.4 Å². The summed E-state index contributed by atoms with van der Waals surface area (Å²) >= 11 is 6.08. The minimum atomic E-state index is -4.69. The van der Waals surface area contributed by atoms with E-state index in [0.717, 1.165) is 17.8 Å². The number of halogens is 4. The van der Waals surface area contributed by atoms with Crippen LogP contribution >= 0.6 is 11.6 Å². The number of fused-ring (bicyclic) bond motifs is 1. The molecule has 0 fully saturated rings. The summed E-state index contributed by atoms with van der Waals surface area (Å²) in [4.78, 5) is 17.2. The number of hydrogen-bond acceptors (Lipinski definition) is 3. The molecule has 0 aliphatic heterocycles. The van der Waals surface area contributed by atoms with Crippen LogP contribution in [-0.2, 0) is 6.18 Å². The molecule has 1 N–H and O–H groups in total. The topological polar surface area (TPSA) is 59.3 Å². The summed E-state index contributed by atoms with van der Waals surface area (Å²) in [6.07, 6.45) is -3.62. The predicted molar refractivity (Wildman–Crippen MR) is 112 cm³/mol. The Morgan fingerprint density at radius 1 is 1.10 bits per heavy atom. The van der Waals surface area contributed by atoms with Crippen molar-refractivity contribution in [3.8, 4) is 11.3 Å². The first kappa shape index (κ1) is 20.9. The Morgan fingerprint density at radius 3 is 2.48 bits per heavy atom. The zero-order chi connectivity index (χ0) is 22.3. The van der Waals surface area contributed by atoms with Crippen LogP contribution in [0.3, 0.4) is 0 Å². The summed E-state index contributed by atoms with van der Waals surface area (Å²) in [6, 6.07) is 12.8. The Balaban J connectivity index is 1.85. The van der Waals surface area contributed by atoms with Gasteiger partial charge in [0, 0.05) is 16.3 Å². The van der Waals surface area contributed by atoms with Gasteiger partial charge in [0.1, 0.15) is 5.56 Å². The van der Waals surface area contributed by atoms with Gasteiger partial charge in [-0.25, -0.2) is 9.50 Å². The number of carbonyl (C=O) groups excluding carboxylic acids is 1. The van der Waals surface area contributed by atoms with Crippen LogP contribution in [0.25, 0.3) is 16.9 Å². The second-order valence-corrected chi connectivity index (χ2v) is 7.46. The largest absolute Gasteiger partial charge is 0.433 e. The highest BCUT2D eigenvalue weighted by atomic mass is 35.5. The van der Waals surface area contributed by atoms with Crippen LogP contribution in [0.5, 0.6) is 0 Å². The van der Waals surface area contributed by atoms with E-state index >= 15 is 0 Å². The fourth-order valence-corrected chi connectivity index (χ4v) is 3.30. The standard InChI is InChI=1S/C22H16ClF3N4O/c1-12-6-8-14(9-7-12)18-10-19(22(24,25)26)30-20(28-18)15(11-27-30)21(31)29-17-5-3-4-16(23)13(17)2/h3-11H,1-2H3,(H,29,31). The third-order valence-electron chi connectivity index (χ3n) is 4.87. The van der Waals surface area contributed by atoms with Gasteiger partial charge < -0.3 is 5.32 Å². The lowest BCUT2D eigenvalue weighted by atomic mass is 10.1. The summed E-state index contributed by atoms with van der Waals surface area (Å²) in [5.41, 5.74) is 1.33. The zero-order valence-electron chi connectivity index (χ0n) is 16.5. The van der Waals surface area contributed by atoms with Crippen molar-refractivity contribution in [3.63, 3.8) is 0 Å². The van der Waals surface area contributed by atoms with Gasteiger partial charge in [-0.05, 0) is 37.6 Å². The number of amides is 1. The highest BCUT2D eigenvalue weighted by molar-refractivity contribution is 6.31. The normalized spacial score (nSPS) is 11.7. The lowest BCUT2D eigenvalue weighted by Gasteiger charge is -2.12. The van der Waals surface area contributed by atoms with Gasteiger partial charge in [-0.2, -0.15) is 18.3 Å². The van der Waals surface area contributed by atoms with E-state index in [4.69, 9.17) is 11.6 Å². The minimum Gasteiger partial charge on any atom is -0.322 e. The van der Waals surface area contributed by atoms with Gasteiger partial charge in [0.05, 0.1) is 11.9 Å². The molecule has 5 nitrogen and oxygen atoms in total. The number of nitrogens with zero attached hydrogens (tertiary/aromatic N) is 3. The third kappa shape index (κ3) is 3.98. The molecule has 0 radical (unpaired) electrons. The SMILES string of the molecule is Cc1ccc(-c2cc(C(F)(F)F)n3ncc(C(=O)Nc4cccc(Cl)c4C)c3n2)cc1. The van der Waals surface area contributed by atoms with Crippen molar-refractivity contribution in [1.29, 1.82) is 0 Å². The van der Waals surface area contributed by atoms with Gasteiger partial charge in [-0.1, -0.05) is 47.5 Å². The number of alkyl halides is 3. The molecule has 0 atom stereocenters. The van der Waals surface area contributed by atoms with Crippen LogP contribution in [0.15, 0.2) is 54.7 Å². The van der Waals surface area contributed by atoms with E-state index in [1.807, 2.05) is 6.92 Å². The Bertz CT molecular complexity index is 1300.